The van der Waals surface area contributed by atoms with E-state index in [-0.39, 0.29) is 9.79 Å². The molecule has 3 N–H and O–H groups in total. The Kier molecular flexibility index (Phi) is 6.23. The summed E-state index contributed by atoms with van der Waals surface area (Å²) in [5.41, 5.74) is 1.59. The largest absolute Gasteiger partial charge is 0.241 e. The van der Waals surface area contributed by atoms with Gasteiger partial charge in [-0.2, -0.15) is 0 Å². The van der Waals surface area contributed by atoms with Crippen LogP contribution in [0.3, 0.4) is 0 Å². The van der Waals surface area contributed by atoms with Crippen LogP contribution < -0.4 is 9.86 Å². The highest BCUT2D eigenvalue weighted by Crippen LogP contribution is 2.22. The van der Waals surface area contributed by atoms with Crippen LogP contribution in [-0.2, 0) is 20.0 Å². The zero-order valence-corrected chi connectivity index (χ0v) is 16.6. The van der Waals surface area contributed by atoms with Crippen LogP contribution in [0.25, 0.3) is 0 Å². The zero-order chi connectivity index (χ0) is 19.5. The Bertz CT molecular complexity index is 969. The molecule has 6 nitrogen and oxygen atoms in total. The highest BCUT2D eigenvalue weighted by atomic mass is 32.2. The van der Waals surface area contributed by atoms with Gasteiger partial charge in [-0.3, -0.25) is 0 Å². The maximum Gasteiger partial charge on any atom is 0.241 e. The van der Waals surface area contributed by atoms with E-state index in [0.717, 1.165) is 12.0 Å². The summed E-state index contributed by atoms with van der Waals surface area (Å²) in [6, 6.07) is 12.1. The molecule has 0 aliphatic carbocycles. The fourth-order valence-electron chi connectivity index (χ4n) is 2.54. The SMILES string of the molecule is CCC(C)c1ccc(S(=O)(=O)NC(C)c2cccc(S(N)(=O)=O)c2)cc1. The molecule has 0 bridgehead atoms. The molecular weight excluding hydrogens is 372 g/mol. The highest BCUT2D eigenvalue weighted by molar-refractivity contribution is 7.89. The van der Waals surface area contributed by atoms with E-state index in [9.17, 15) is 16.8 Å². The van der Waals surface area contributed by atoms with Gasteiger partial charge in [-0.15, -0.1) is 0 Å². The van der Waals surface area contributed by atoms with Crippen molar-refractivity contribution in [2.75, 3.05) is 0 Å². The fraction of sp³-hybridized carbons (Fsp3) is 0.333. The minimum atomic E-state index is -3.85. The first-order valence-electron chi connectivity index (χ1n) is 8.29. The molecule has 142 valence electrons. The number of hydrogen-bond acceptors (Lipinski definition) is 4. The molecule has 2 aromatic rings. The van der Waals surface area contributed by atoms with Gasteiger partial charge < -0.3 is 0 Å². The Labute approximate surface area is 155 Å². The summed E-state index contributed by atoms with van der Waals surface area (Å²) in [5, 5.41) is 5.13. The molecular formula is C18H24N2O4S2. The molecule has 26 heavy (non-hydrogen) atoms. The van der Waals surface area contributed by atoms with Crippen LogP contribution in [0, 0.1) is 0 Å². The van der Waals surface area contributed by atoms with Crippen molar-refractivity contribution in [1.82, 2.24) is 4.72 Å². The molecule has 0 heterocycles. The summed E-state index contributed by atoms with van der Waals surface area (Å²) in [6.07, 6.45) is 0.974. The van der Waals surface area contributed by atoms with Crippen molar-refractivity contribution < 1.29 is 16.8 Å². The third-order valence-corrected chi connectivity index (χ3v) is 6.86. The van der Waals surface area contributed by atoms with Gasteiger partial charge in [0.05, 0.1) is 9.79 Å². The van der Waals surface area contributed by atoms with Gasteiger partial charge in [0.15, 0.2) is 0 Å². The number of sulfonamides is 2. The summed E-state index contributed by atoms with van der Waals surface area (Å²) in [5.74, 6) is 0.361. The molecule has 2 rings (SSSR count). The highest BCUT2D eigenvalue weighted by Gasteiger charge is 2.20. The fourth-order valence-corrected chi connectivity index (χ4v) is 4.34. The van der Waals surface area contributed by atoms with Crippen molar-refractivity contribution in [3.05, 3.63) is 59.7 Å². The van der Waals surface area contributed by atoms with Crippen LogP contribution in [0.1, 0.15) is 50.3 Å². The molecule has 0 amide bonds. The molecule has 0 fully saturated rings. The Balaban J connectivity index is 2.23. The molecule has 2 unspecified atom stereocenters. The molecule has 0 aliphatic rings. The van der Waals surface area contributed by atoms with E-state index in [4.69, 9.17) is 5.14 Å². The van der Waals surface area contributed by atoms with Crippen molar-refractivity contribution in [1.29, 1.82) is 0 Å². The molecule has 0 saturated heterocycles. The lowest BCUT2D eigenvalue weighted by Gasteiger charge is -2.16. The van der Waals surface area contributed by atoms with Crippen LogP contribution in [0.2, 0.25) is 0 Å². The van der Waals surface area contributed by atoms with Gasteiger partial charge in [0.1, 0.15) is 0 Å². The second kappa shape index (κ2) is 7.87. The van der Waals surface area contributed by atoms with E-state index in [1.807, 2.05) is 12.1 Å². The molecule has 0 aromatic heterocycles. The number of hydrogen-bond donors (Lipinski definition) is 2. The molecule has 2 aromatic carbocycles. The number of primary sulfonamides is 1. The van der Waals surface area contributed by atoms with Crippen molar-refractivity contribution in [2.45, 2.75) is 48.9 Å². The summed E-state index contributed by atoms with van der Waals surface area (Å²) < 4.78 is 50.7. The van der Waals surface area contributed by atoms with Crippen LogP contribution in [-0.4, -0.2) is 16.8 Å². The van der Waals surface area contributed by atoms with Crippen molar-refractivity contribution in [3.63, 3.8) is 0 Å². The average molecular weight is 397 g/mol. The van der Waals surface area contributed by atoms with E-state index < -0.39 is 26.1 Å². The number of nitrogens with one attached hydrogen (secondary N) is 1. The first-order valence-corrected chi connectivity index (χ1v) is 11.3. The standard InChI is InChI=1S/C18H24N2O4S2/c1-4-13(2)15-8-10-17(11-9-15)26(23,24)20-14(3)16-6-5-7-18(12-16)25(19,21)22/h5-14,20H,4H2,1-3H3,(H2,19,21,22). The minimum absolute atomic E-state index is 0.0565. The topological polar surface area (TPSA) is 106 Å². The zero-order valence-electron chi connectivity index (χ0n) is 15.0. The van der Waals surface area contributed by atoms with E-state index >= 15 is 0 Å². The van der Waals surface area contributed by atoms with Crippen LogP contribution in [0.4, 0.5) is 0 Å². The van der Waals surface area contributed by atoms with E-state index in [2.05, 4.69) is 18.6 Å². The number of rotatable bonds is 7. The summed E-state index contributed by atoms with van der Waals surface area (Å²) >= 11 is 0. The molecule has 0 saturated carbocycles. The smallest absolute Gasteiger partial charge is 0.225 e. The second-order valence-corrected chi connectivity index (χ2v) is 9.61. The summed E-state index contributed by atoms with van der Waals surface area (Å²) in [6.45, 7) is 5.81. The van der Waals surface area contributed by atoms with Gasteiger partial charge in [-0.05, 0) is 54.7 Å². The number of nitrogens with two attached hydrogens (primary N) is 1. The Morgan fingerprint density at radius 3 is 2.08 bits per heavy atom. The Morgan fingerprint density at radius 2 is 1.54 bits per heavy atom. The molecule has 0 spiro atoms. The Hall–Kier alpha value is -1.74. The van der Waals surface area contributed by atoms with Crippen LogP contribution in [0.5, 0.6) is 0 Å². The average Bonchev–Trinajstić information content (AvgIpc) is 2.60. The van der Waals surface area contributed by atoms with Gasteiger partial charge in [0.2, 0.25) is 20.0 Å². The van der Waals surface area contributed by atoms with Gasteiger partial charge in [-0.25, -0.2) is 26.7 Å². The first-order chi connectivity index (χ1) is 12.0. The lowest BCUT2D eigenvalue weighted by molar-refractivity contribution is 0.566. The lowest BCUT2D eigenvalue weighted by Crippen LogP contribution is -2.27. The monoisotopic (exact) mass is 396 g/mol. The van der Waals surface area contributed by atoms with Gasteiger partial charge in [0, 0.05) is 6.04 Å². The van der Waals surface area contributed by atoms with E-state index in [1.54, 1.807) is 25.1 Å². The van der Waals surface area contributed by atoms with Crippen molar-refractivity contribution in [2.24, 2.45) is 5.14 Å². The van der Waals surface area contributed by atoms with Crippen molar-refractivity contribution >= 4 is 20.0 Å². The third-order valence-electron chi connectivity index (χ3n) is 4.39. The quantitative estimate of drug-likeness (QED) is 0.750. The van der Waals surface area contributed by atoms with Gasteiger partial charge in [-0.1, -0.05) is 38.1 Å². The maximum absolute atomic E-state index is 12.6. The normalized spacial score (nSPS) is 14.8. The maximum atomic E-state index is 12.6. The van der Waals surface area contributed by atoms with Gasteiger partial charge >= 0.3 is 0 Å². The third kappa shape index (κ3) is 4.91. The Morgan fingerprint density at radius 1 is 0.923 bits per heavy atom. The predicted molar refractivity (Wildman–Crippen MR) is 102 cm³/mol. The van der Waals surface area contributed by atoms with Gasteiger partial charge in [0.25, 0.3) is 0 Å². The molecule has 0 radical (unpaired) electrons. The summed E-state index contributed by atoms with van der Waals surface area (Å²) in [7, 11) is -7.58. The van der Waals surface area contributed by atoms with E-state index in [0.29, 0.717) is 11.5 Å². The van der Waals surface area contributed by atoms with Crippen molar-refractivity contribution in [3.8, 4) is 0 Å². The second-order valence-electron chi connectivity index (χ2n) is 6.34. The minimum Gasteiger partial charge on any atom is -0.225 e. The first kappa shape index (κ1) is 20.6. The van der Waals surface area contributed by atoms with Crippen LogP contribution >= 0.6 is 0 Å². The lowest BCUT2D eigenvalue weighted by atomic mass is 9.99. The number of benzene rings is 2. The summed E-state index contributed by atoms with van der Waals surface area (Å²) in [4.78, 5) is 0.109. The van der Waals surface area contributed by atoms with Crippen LogP contribution in [0.15, 0.2) is 58.3 Å². The molecule has 8 heteroatoms. The molecule has 2 atom stereocenters. The molecule has 0 aliphatic heterocycles. The van der Waals surface area contributed by atoms with E-state index in [1.165, 1.54) is 18.2 Å². The predicted octanol–water partition coefficient (Wildman–Crippen LogP) is 2.89.